The summed E-state index contributed by atoms with van der Waals surface area (Å²) in [5, 5.41) is 8.16. The van der Waals surface area contributed by atoms with Crippen molar-refractivity contribution in [1.29, 1.82) is 0 Å². The minimum absolute atomic E-state index is 0.305. The van der Waals surface area contributed by atoms with Crippen LogP contribution in [0.25, 0.3) is 21.8 Å². The average Bonchev–Trinajstić information content (AvgIpc) is 3.22. The predicted molar refractivity (Wildman–Crippen MR) is 134 cm³/mol. The summed E-state index contributed by atoms with van der Waals surface area (Å²) in [5.41, 5.74) is 5.86. The van der Waals surface area contributed by atoms with Crippen molar-refractivity contribution < 1.29 is 4.79 Å². The Labute approximate surface area is 195 Å². The Morgan fingerprint density at radius 3 is 2.67 bits per heavy atom. The van der Waals surface area contributed by atoms with Crippen molar-refractivity contribution in [2.75, 3.05) is 10.6 Å². The van der Waals surface area contributed by atoms with Crippen LogP contribution in [0.5, 0.6) is 0 Å². The number of hydrogen-bond acceptors (Lipinski definition) is 4. The van der Waals surface area contributed by atoms with E-state index in [4.69, 9.17) is 11.6 Å². The molecule has 0 radical (unpaired) electrons. The Balaban J connectivity index is 1.46. The van der Waals surface area contributed by atoms with Gasteiger partial charge in [-0.15, -0.1) is 0 Å². The highest BCUT2D eigenvalue weighted by Gasteiger charge is 2.09. The van der Waals surface area contributed by atoms with Crippen LogP contribution in [0.2, 0.25) is 0 Å². The Hall–Kier alpha value is -4.16. The van der Waals surface area contributed by atoms with Crippen LogP contribution in [-0.4, -0.2) is 20.4 Å². The summed E-state index contributed by atoms with van der Waals surface area (Å²) in [4.78, 5) is 20.6. The fourth-order valence-electron chi connectivity index (χ4n) is 3.79. The first-order chi connectivity index (χ1) is 16.2. The average molecular weight is 454 g/mol. The summed E-state index contributed by atoms with van der Waals surface area (Å²) < 4.78 is 2.23. The van der Waals surface area contributed by atoms with Crippen LogP contribution in [0.15, 0.2) is 96.9 Å². The third kappa shape index (κ3) is 4.56. The molecule has 5 aromatic rings. The molecule has 0 bridgehead atoms. The lowest BCUT2D eigenvalue weighted by Crippen LogP contribution is -2.07. The number of nitrogens with zero attached hydrogens (tertiary/aromatic N) is 3. The number of halogens is 1. The first kappa shape index (κ1) is 20.7. The van der Waals surface area contributed by atoms with Crippen LogP contribution < -0.4 is 10.6 Å². The van der Waals surface area contributed by atoms with E-state index in [-0.39, 0.29) is 5.91 Å². The molecule has 0 spiro atoms. The summed E-state index contributed by atoms with van der Waals surface area (Å²) in [5.74, 6) is 0.352. The number of hydrogen-bond donors (Lipinski definition) is 2. The van der Waals surface area contributed by atoms with Gasteiger partial charge in [-0.1, -0.05) is 48.0 Å². The number of fused-ring (bicyclic) bond motifs is 2. The molecule has 33 heavy (non-hydrogen) atoms. The van der Waals surface area contributed by atoms with Crippen LogP contribution in [0.3, 0.4) is 0 Å². The van der Waals surface area contributed by atoms with Gasteiger partial charge in [0.1, 0.15) is 12.1 Å². The molecule has 3 aromatic carbocycles. The lowest BCUT2D eigenvalue weighted by molar-refractivity contribution is -0.111. The normalized spacial score (nSPS) is 11.3. The predicted octanol–water partition coefficient (Wildman–Crippen LogP) is 6.07. The van der Waals surface area contributed by atoms with E-state index in [2.05, 4.69) is 73.8 Å². The Morgan fingerprint density at radius 2 is 1.82 bits per heavy atom. The number of anilines is 3. The number of aromatic nitrogens is 3. The van der Waals surface area contributed by atoms with Gasteiger partial charge in [-0.05, 0) is 47.3 Å². The maximum atomic E-state index is 11.9. The van der Waals surface area contributed by atoms with E-state index in [1.807, 2.05) is 24.3 Å². The molecule has 162 valence electrons. The minimum atomic E-state index is -0.305. The smallest absolute Gasteiger partial charge is 0.249 e. The summed E-state index contributed by atoms with van der Waals surface area (Å²) in [6, 6.07) is 24.2. The van der Waals surface area contributed by atoms with Crippen molar-refractivity contribution >= 4 is 56.5 Å². The van der Waals surface area contributed by atoms with Crippen LogP contribution in [0.1, 0.15) is 5.56 Å². The molecule has 0 aliphatic rings. The highest BCUT2D eigenvalue weighted by molar-refractivity contribution is 6.27. The lowest BCUT2D eigenvalue weighted by atomic mass is 10.2. The molecule has 1 amide bonds. The van der Waals surface area contributed by atoms with Crippen molar-refractivity contribution in [2.45, 2.75) is 6.54 Å². The number of carbonyl (C=O) groups is 1. The van der Waals surface area contributed by atoms with E-state index in [0.717, 1.165) is 28.7 Å². The molecule has 6 nitrogen and oxygen atoms in total. The number of benzene rings is 3. The SMILES string of the molecule is O=C(/C=C/Cl)Nc1ccc2ncnc(Nc3ccc4ccn(Cc5ccccc5)c4c3)c2c1. The van der Waals surface area contributed by atoms with E-state index in [9.17, 15) is 4.79 Å². The fourth-order valence-corrected chi connectivity index (χ4v) is 3.91. The second kappa shape index (κ2) is 9.14. The molecule has 0 atom stereocenters. The molecule has 0 aliphatic heterocycles. The van der Waals surface area contributed by atoms with E-state index < -0.39 is 0 Å². The molecule has 0 fully saturated rings. The topological polar surface area (TPSA) is 71.8 Å². The van der Waals surface area contributed by atoms with Crippen molar-refractivity contribution in [2.24, 2.45) is 0 Å². The van der Waals surface area contributed by atoms with Gasteiger partial charge in [0.2, 0.25) is 5.91 Å². The molecule has 2 aromatic heterocycles. The largest absolute Gasteiger partial charge is 0.343 e. The molecule has 7 heteroatoms. The Bertz CT molecular complexity index is 1480. The van der Waals surface area contributed by atoms with Crippen LogP contribution in [0.4, 0.5) is 17.2 Å². The van der Waals surface area contributed by atoms with Crippen molar-refractivity contribution in [1.82, 2.24) is 14.5 Å². The molecule has 0 saturated heterocycles. The summed E-state index contributed by atoms with van der Waals surface area (Å²) in [7, 11) is 0. The second-order valence-electron chi connectivity index (χ2n) is 7.56. The van der Waals surface area contributed by atoms with Gasteiger partial charge in [0.25, 0.3) is 0 Å². The van der Waals surface area contributed by atoms with Crippen molar-refractivity contribution in [3.8, 4) is 0 Å². The zero-order valence-electron chi connectivity index (χ0n) is 17.6. The van der Waals surface area contributed by atoms with E-state index in [0.29, 0.717) is 11.5 Å². The zero-order valence-corrected chi connectivity index (χ0v) is 18.3. The highest BCUT2D eigenvalue weighted by Crippen LogP contribution is 2.28. The van der Waals surface area contributed by atoms with Crippen molar-refractivity contribution in [3.05, 3.63) is 102 Å². The molecular formula is C26H20ClN5O. The molecular weight excluding hydrogens is 434 g/mol. The standard InChI is InChI=1S/C26H20ClN5O/c27-12-10-25(33)30-20-8-9-23-22(14-20)26(29-17-28-23)31-21-7-6-19-11-13-32(24(19)15-21)16-18-4-2-1-3-5-18/h1-15,17H,16H2,(H,30,33)(H,28,29,31)/b12-10+. The van der Waals surface area contributed by atoms with E-state index >= 15 is 0 Å². The summed E-state index contributed by atoms with van der Waals surface area (Å²) in [6.45, 7) is 0.796. The third-order valence-corrected chi connectivity index (χ3v) is 5.48. The molecule has 5 rings (SSSR count). The zero-order chi connectivity index (χ0) is 22.6. The summed E-state index contributed by atoms with van der Waals surface area (Å²) >= 11 is 5.49. The lowest BCUT2D eigenvalue weighted by Gasteiger charge is -2.11. The maximum absolute atomic E-state index is 11.9. The van der Waals surface area contributed by atoms with Gasteiger partial charge >= 0.3 is 0 Å². The molecule has 0 saturated carbocycles. The van der Waals surface area contributed by atoms with E-state index in [1.54, 1.807) is 6.07 Å². The van der Waals surface area contributed by atoms with E-state index in [1.165, 1.54) is 28.9 Å². The fraction of sp³-hybridized carbons (Fsp3) is 0.0385. The van der Waals surface area contributed by atoms with Crippen LogP contribution >= 0.6 is 11.6 Å². The molecule has 0 aliphatic carbocycles. The number of rotatable bonds is 6. The highest BCUT2D eigenvalue weighted by atomic mass is 35.5. The van der Waals surface area contributed by atoms with Crippen molar-refractivity contribution in [3.63, 3.8) is 0 Å². The molecule has 2 heterocycles. The van der Waals surface area contributed by atoms with Gasteiger partial charge in [0, 0.05) is 41.1 Å². The Morgan fingerprint density at radius 1 is 0.970 bits per heavy atom. The van der Waals surface area contributed by atoms with Gasteiger partial charge in [-0.25, -0.2) is 9.97 Å². The quantitative estimate of drug-likeness (QED) is 0.306. The van der Waals surface area contributed by atoms with Gasteiger partial charge in [0.15, 0.2) is 0 Å². The van der Waals surface area contributed by atoms with Gasteiger partial charge in [-0.3, -0.25) is 4.79 Å². The van der Waals surface area contributed by atoms with Crippen LogP contribution in [0, 0.1) is 0 Å². The first-order valence-electron chi connectivity index (χ1n) is 10.4. The number of carbonyl (C=O) groups excluding carboxylic acids is 1. The van der Waals surface area contributed by atoms with Gasteiger partial charge in [0.05, 0.1) is 11.0 Å². The summed E-state index contributed by atoms with van der Waals surface area (Å²) in [6.07, 6.45) is 4.88. The third-order valence-electron chi connectivity index (χ3n) is 5.35. The molecule has 2 N–H and O–H groups in total. The monoisotopic (exact) mass is 453 g/mol. The number of amides is 1. The maximum Gasteiger partial charge on any atom is 0.249 e. The van der Waals surface area contributed by atoms with Crippen LogP contribution in [-0.2, 0) is 11.3 Å². The minimum Gasteiger partial charge on any atom is -0.343 e. The number of nitrogens with one attached hydrogen (secondary N) is 2. The first-order valence-corrected chi connectivity index (χ1v) is 10.9. The molecule has 0 unspecified atom stereocenters. The van der Waals surface area contributed by atoms with Gasteiger partial charge in [-0.2, -0.15) is 0 Å². The Kier molecular flexibility index (Phi) is 5.74. The second-order valence-corrected chi connectivity index (χ2v) is 7.82. The van der Waals surface area contributed by atoms with Gasteiger partial charge < -0.3 is 15.2 Å².